The van der Waals surface area contributed by atoms with Gasteiger partial charge in [-0.2, -0.15) is 5.10 Å². The summed E-state index contributed by atoms with van der Waals surface area (Å²) in [5, 5.41) is 14.0. The van der Waals surface area contributed by atoms with Gasteiger partial charge in [0, 0.05) is 25.4 Å². The zero-order valence-corrected chi connectivity index (χ0v) is 15.9. The Hall–Kier alpha value is -3.00. The minimum Gasteiger partial charge on any atom is -0.480 e. The monoisotopic (exact) mass is 384 g/mol. The molecule has 0 aliphatic rings. The summed E-state index contributed by atoms with van der Waals surface area (Å²) in [7, 11) is 1.81. The van der Waals surface area contributed by atoms with Crippen molar-refractivity contribution in [2.45, 2.75) is 13.3 Å². The number of carbonyl (C=O) groups excluding carboxylic acids is 1. The maximum absolute atomic E-state index is 13.0. The Kier molecular flexibility index (Phi) is 5.66. The smallest absolute Gasteiger partial charge is 0.323 e. The highest BCUT2D eigenvalue weighted by Crippen LogP contribution is 2.28. The van der Waals surface area contributed by atoms with E-state index in [2.05, 4.69) is 10.1 Å². The van der Waals surface area contributed by atoms with E-state index >= 15 is 0 Å². The standard InChI is InChI=1S/C19H20N4O3S/c1-13-17(27-18(21-13)15-10-20-22(2)11-15)19(26)23(12-16(24)25)9-8-14-6-4-3-5-7-14/h3-7,10-11H,8-9,12H2,1-2H3,(H,24,25). The number of aryl methyl sites for hydroxylation is 2. The van der Waals surface area contributed by atoms with Gasteiger partial charge in [-0.1, -0.05) is 30.3 Å². The Labute approximate surface area is 160 Å². The summed E-state index contributed by atoms with van der Waals surface area (Å²) in [5.41, 5.74) is 2.48. The normalized spacial score (nSPS) is 10.7. The van der Waals surface area contributed by atoms with Crippen molar-refractivity contribution in [1.82, 2.24) is 19.7 Å². The second kappa shape index (κ2) is 8.13. The molecular formula is C19H20N4O3S. The van der Waals surface area contributed by atoms with Crippen LogP contribution < -0.4 is 0 Å². The molecule has 0 saturated carbocycles. The lowest BCUT2D eigenvalue weighted by Gasteiger charge is -2.20. The number of thiazole rings is 1. The van der Waals surface area contributed by atoms with Gasteiger partial charge < -0.3 is 10.0 Å². The summed E-state index contributed by atoms with van der Waals surface area (Å²) in [6, 6.07) is 9.69. The summed E-state index contributed by atoms with van der Waals surface area (Å²) < 4.78 is 1.67. The molecule has 0 aliphatic heterocycles. The third-order valence-electron chi connectivity index (χ3n) is 4.07. The van der Waals surface area contributed by atoms with Crippen LogP contribution in [0, 0.1) is 6.92 Å². The molecule has 0 radical (unpaired) electrons. The Morgan fingerprint density at radius 3 is 2.63 bits per heavy atom. The Balaban J connectivity index is 1.81. The fourth-order valence-corrected chi connectivity index (χ4v) is 3.73. The third kappa shape index (κ3) is 4.59. The third-order valence-corrected chi connectivity index (χ3v) is 5.26. The molecule has 0 aliphatic carbocycles. The average molecular weight is 384 g/mol. The maximum atomic E-state index is 13.0. The number of aliphatic carboxylic acids is 1. The highest BCUT2D eigenvalue weighted by molar-refractivity contribution is 7.17. The summed E-state index contributed by atoms with van der Waals surface area (Å²) in [4.78, 5) is 30.5. The number of carboxylic acids is 1. The van der Waals surface area contributed by atoms with Crippen molar-refractivity contribution in [3.63, 3.8) is 0 Å². The van der Waals surface area contributed by atoms with E-state index in [0.717, 1.165) is 11.1 Å². The molecular weight excluding hydrogens is 364 g/mol. The van der Waals surface area contributed by atoms with Crippen molar-refractivity contribution in [1.29, 1.82) is 0 Å². The van der Waals surface area contributed by atoms with E-state index in [9.17, 15) is 14.7 Å². The van der Waals surface area contributed by atoms with E-state index < -0.39 is 5.97 Å². The van der Waals surface area contributed by atoms with E-state index in [0.29, 0.717) is 28.5 Å². The van der Waals surface area contributed by atoms with Gasteiger partial charge in [0.25, 0.3) is 5.91 Å². The molecule has 0 unspecified atom stereocenters. The molecule has 0 bridgehead atoms. The maximum Gasteiger partial charge on any atom is 0.323 e. The molecule has 1 N–H and O–H groups in total. The number of rotatable bonds is 7. The molecule has 140 valence electrons. The lowest BCUT2D eigenvalue weighted by atomic mass is 10.1. The van der Waals surface area contributed by atoms with Crippen LogP contribution in [-0.2, 0) is 18.3 Å². The van der Waals surface area contributed by atoms with Crippen LogP contribution >= 0.6 is 11.3 Å². The van der Waals surface area contributed by atoms with Crippen LogP contribution in [0.5, 0.6) is 0 Å². The largest absolute Gasteiger partial charge is 0.480 e. The number of amides is 1. The van der Waals surface area contributed by atoms with Crippen molar-refractivity contribution < 1.29 is 14.7 Å². The van der Waals surface area contributed by atoms with Gasteiger partial charge >= 0.3 is 5.97 Å². The molecule has 27 heavy (non-hydrogen) atoms. The SMILES string of the molecule is Cc1nc(-c2cnn(C)c2)sc1C(=O)N(CCc1ccccc1)CC(=O)O. The molecule has 1 aromatic carbocycles. The van der Waals surface area contributed by atoms with Gasteiger partial charge in [0.05, 0.1) is 11.9 Å². The number of hydrogen-bond acceptors (Lipinski definition) is 5. The Bertz CT molecular complexity index is 949. The average Bonchev–Trinajstić information content (AvgIpc) is 3.24. The fraction of sp³-hybridized carbons (Fsp3) is 0.263. The predicted molar refractivity (Wildman–Crippen MR) is 103 cm³/mol. The molecule has 3 rings (SSSR count). The van der Waals surface area contributed by atoms with Crippen LogP contribution in [0.3, 0.4) is 0 Å². The molecule has 7 nitrogen and oxygen atoms in total. The van der Waals surface area contributed by atoms with Gasteiger partial charge in [0.15, 0.2) is 0 Å². The zero-order chi connectivity index (χ0) is 19.4. The number of benzene rings is 1. The van der Waals surface area contributed by atoms with Gasteiger partial charge in [-0.25, -0.2) is 4.98 Å². The number of carboxylic acid groups (broad SMARTS) is 1. The van der Waals surface area contributed by atoms with Gasteiger partial charge in [-0.05, 0) is 18.9 Å². The first kappa shape index (κ1) is 18.8. The summed E-state index contributed by atoms with van der Waals surface area (Å²) >= 11 is 1.26. The minimum absolute atomic E-state index is 0.307. The quantitative estimate of drug-likeness (QED) is 0.676. The molecule has 2 heterocycles. The first-order valence-corrected chi connectivity index (χ1v) is 9.27. The van der Waals surface area contributed by atoms with Gasteiger partial charge in [0.1, 0.15) is 16.4 Å². The number of nitrogens with zero attached hydrogens (tertiary/aromatic N) is 4. The van der Waals surface area contributed by atoms with Crippen molar-refractivity contribution in [2.24, 2.45) is 7.05 Å². The second-order valence-corrected chi connectivity index (χ2v) is 7.19. The van der Waals surface area contributed by atoms with Crippen molar-refractivity contribution in [3.05, 3.63) is 58.9 Å². The van der Waals surface area contributed by atoms with Crippen LogP contribution in [0.25, 0.3) is 10.6 Å². The van der Waals surface area contributed by atoms with Crippen molar-refractivity contribution >= 4 is 23.2 Å². The Morgan fingerprint density at radius 1 is 1.26 bits per heavy atom. The van der Waals surface area contributed by atoms with Crippen molar-refractivity contribution in [3.8, 4) is 10.6 Å². The van der Waals surface area contributed by atoms with E-state index in [4.69, 9.17) is 0 Å². The van der Waals surface area contributed by atoms with Crippen LogP contribution in [0.2, 0.25) is 0 Å². The van der Waals surface area contributed by atoms with Crippen LogP contribution in [-0.4, -0.2) is 49.7 Å². The van der Waals surface area contributed by atoms with Crippen LogP contribution in [0.1, 0.15) is 20.9 Å². The molecule has 0 spiro atoms. The second-order valence-electron chi connectivity index (χ2n) is 6.19. The molecule has 2 aromatic heterocycles. The van der Waals surface area contributed by atoms with E-state index in [1.807, 2.05) is 43.6 Å². The van der Waals surface area contributed by atoms with E-state index in [1.165, 1.54) is 16.2 Å². The molecule has 8 heteroatoms. The molecule has 3 aromatic rings. The molecule has 1 amide bonds. The van der Waals surface area contributed by atoms with Gasteiger partial charge in [-0.3, -0.25) is 14.3 Å². The highest BCUT2D eigenvalue weighted by atomic mass is 32.1. The molecule has 0 atom stereocenters. The zero-order valence-electron chi connectivity index (χ0n) is 15.1. The van der Waals surface area contributed by atoms with E-state index in [1.54, 1.807) is 17.8 Å². The number of hydrogen-bond donors (Lipinski definition) is 1. The first-order valence-electron chi connectivity index (χ1n) is 8.45. The van der Waals surface area contributed by atoms with Gasteiger partial charge in [0.2, 0.25) is 0 Å². The minimum atomic E-state index is -1.04. The summed E-state index contributed by atoms with van der Waals surface area (Å²) in [6.45, 7) is 1.75. The first-order chi connectivity index (χ1) is 12.9. The van der Waals surface area contributed by atoms with E-state index in [-0.39, 0.29) is 12.5 Å². The number of carbonyl (C=O) groups is 2. The van der Waals surface area contributed by atoms with Crippen LogP contribution in [0.4, 0.5) is 0 Å². The molecule has 0 saturated heterocycles. The fourth-order valence-electron chi connectivity index (χ4n) is 2.72. The number of aromatic nitrogens is 3. The van der Waals surface area contributed by atoms with Gasteiger partial charge in [-0.15, -0.1) is 11.3 Å². The lowest BCUT2D eigenvalue weighted by molar-refractivity contribution is -0.137. The van der Waals surface area contributed by atoms with Crippen LogP contribution in [0.15, 0.2) is 42.7 Å². The lowest BCUT2D eigenvalue weighted by Crippen LogP contribution is -2.37. The summed E-state index contributed by atoms with van der Waals surface area (Å²) in [5.74, 6) is -1.34. The summed E-state index contributed by atoms with van der Waals surface area (Å²) in [6.07, 6.45) is 4.11. The Morgan fingerprint density at radius 2 is 2.00 bits per heavy atom. The topological polar surface area (TPSA) is 88.3 Å². The predicted octanol–water partition coefficient (Wildman–Crippen LogP) is 2.62. The highest BCUT2D eigenvalue weighted by Gasteiger charge is 2.24. The van der Waals surface area contributed by atoms with Crippen molar-refractivity contribution in [2.75, 3.05) is 13.1 Å². The molecule has 0 fully saturated rings.